The van der Waals surface area contributed by atoms with E-state index in [4.69, 9.17) is 9.15 Å². The lowest BCUT2D eigenvalue weighted by Crippen LogP contribution is -2.57. The van der Waals surface area contributed by atoms with Crippen LogP contribution in [-0.2, 0) is 0 Å². The number of carbonyl (C=O) groups excluding carboxylic acids is 1. The highest BCUT2D eigenvalue weighted by molar-refractivity contribution is 5.93. The van der Waals surface area contributed by atoms with Crippen molar-refractivity contribution in [2.24, 2.45) is 0 Å². The van der Waals surface area contributed by atoms with Crippen LogP contribution in [0.5, 0.6) is 5.75 Å². The van der Waals surface area contributed by atoms with Crippen LogP contribution in [0.3, 0.4) is 0 Å². The summed E-state index contributed by atoms with van der Waals surface area (Å²) in [4.78, 5) is 16.0. The first kappa shape index (κ1) is 17.4. The molecule has 7 nitrogen and oxygen atoms in total. The van der Waals surface area contributed by atoms with Gasteiger partial charge in [-0.05, 0) is 31.9 Å². The summed E-state index contributed by atoms with van der Waals surface area (Å²) in [6.07, 6.45) is -1.19. The maximum atomic E-state index is 13.2. The number of aryl methyl sites for hydroxylation is 1. The normalized spacial score (nSPS) is 26.2. The minimum Gasteiger partial charge on any atom is -0.488 e. The first-order valence-corrected chi connectivity index (χ1v) is 7.95. The molecule has 2 aromatic rings. The first-order chi connectivity index (χ1) is 12.0. The van der Waals surface area contributed by atoms with Crippen LogP contribution in [0.1, 0.15) is 29.1 Å². The molecule has 0 unspecified atom stereocenters. The summed E-state index contributed by atoms with van der Waals surface area (Å²) >= 11 is 0. The Morgan fingerprint density at radius 2 is 2.16 bits per heavy atom. The highest BCUT2D eigenvalue weighted by Gasteiger charge is 2.39. The number of rotatable bonds is 4. The Kier molecular flexibility index (Phi) is 5.00. The van der Waals surface area contributed by atoms with Crippen molar-refractivity contribution in [1.82, 2.24) is 10.3 Å². The summed E-state index contributed by atoms with van der Waals surface area (Å²) in [5.41, 5.74) is 0.139. The fourth-order valence-corrected chi connectivity index (χ4v) is 2.90. The van der Waals surface area contributed by atoms with Crippen molar-refractivity contribution in [3.05, 3.63) is 47.9 Å². The SMILES string of the molecule is Cc1ocnc1C(=O)N[C@@H]1CC[C@@H](Oc2cccc(F)c2)[C@@H](O)[C@@H]1O. The average Bonchev–Trinajstić information content (AvgIpc) is 3.01. The molecule has 1 amide bonds. The van der Waals surface area contributed by atoms with Crippen LogP contribution in [0, 0.1) is 12.7 Å². The summed E-state index contributed by atoms with van der Waals surface area (Å²) in [6.45, 7) is 1.61. The molecular weight excluding hydrogens is 331 g/mol. The number of benzene rings is 1. The molecule has 3 N–H and O–H groups in total. The lowest BCUT2D eigenvalue weighted by molar-refractivity contribution is -0.0875. The molecule has 1 aromatic carbocycles. The van der Waals surface area contributed by atoms with E-state index < -0.39 is 36.1 Å². The number of hydrogen-bond acceptors (Lipinski definition) is 6. The number of aliphatic hydroxyl groups is 2. The van der Waals surface area contributed by atoms with Gasteiger partial charge in [-0.15, -0.1) is 0 Å². The van der Waals surface area contributed by atoms with Gasteiger partial charge in [0.25, 0.3) is 5.91 Å². The van der Waals surface area contributed by atoms with Gasteiger partial charge < -0.3 is 24.7 Å². The second-order valence-corrected chi connectivity index (χ2v) is 6.01. The summed E-state index contributed by atoms with van der Waals surface area (Å²) < 4.78 is 23.8. The molecule has 1 aliphatic carbocycles. The number of halogens is 1. The van der Waals surface area contributed by atoms with Crippen molar-refractivity contribution in [3.63, 3.8) is 0 Å². The van der Waals surface area contributed by atoms with Gasteiger partial charge in [0.1, 0.15) is 35.6 Å². The lowest BCUT2D eigenvalue weighted by Gasteiger charge is -2.37. The van der Waals surface area contributed by atoms with E-state index in [0.29, 0.717) is 18.6 Å². The number of ether oxygens (including phenoxy) is 1. The quantitative estimate of drug-likeness (QED) is 0.765. The van der Waals surface area contributed by atoms with Gasteiger partial charge in [0, 0.05) is 6.07 Å². The molecule has 1 aliphatic rings. The predicted molar refractivity (Wildman–Crippen MR) is 84.6 cm³/mol. The van der Waals surface area contributed by atoms with Crippen molar-refractivity contribution in [1.29, 1.82) is 0 Å². The van der Waals surface area contributed by atoms with Gasteiger partial charge >= 0.3 is 0 Å². The van der Waals surface area contributed by atoms with E-state index in [-0.39, 0.29) is 11.4 Å². The molecule has 8 heteroatoms. The minimum absolute atomic E-state index is 0.139. The van der Waals surface area contributed by atoms with Crippen LogP contribution in [0.4, 0.5) is 4.39 Å². The van der Waals surface area contributed by atoms with Gasteiger partial charge in [-0.3, -0.25) is 4.79 Å². The molecule has 1 saturated carbocycles. The van der Waals surface area contributed by atoms with Crippen molar-refractivity contribution >= 4 is 5.91 Å². The zero-order valence-corrected chi connectivity index (χ0v) is 13.6. The fraction of sp³-hybridized carbons (Fsp3) is 0.412. The Hall–Kier alpha value is -2.45. The fourth-order valence-electron chi connectivity index (χ4n) is 2.90. The smallest absolute Gasteiger partial charge is 0.273 e. The third-order valence-electron chi connectivity index (χ3n) is 4.27. The third-order valence-corrected chi connectivity index (χ3v) is 4.27. The monoisotopic (exact) mass is 350 g/mol. The standard InChI is InChI=1S/C17H19FN2O5/c1-9-14(19-8-24-9)17(23)20-12-5-6-13(16(22)15(12)21)25-11-4-2-3-10(18)7-11/h2-4,7-8,12-13,15-16,21-22H,5-6H2,1H3,(H,20,23)/t12-,13-,15-,16-/m1/s1. The van der Waals surface area contributed by atoms with Crippen LogP contribution in [0.25, 0.3) is 0 Å². The van der Waals surface area contributed by atoms with E-state index in [0.717, 1.165) is 0 Å². The molecule has 1 aromatic heterocycles. The molecular formula is C17H19FN2O5. The number of aromatic nitrogens is 1. The van der Waals surface area contributed by atoms with Crippen LogP contribution < -0.4 is 10.1 Å². The highest BCUT2D eigenvalue weighted by Crippen LogP contribution is 2.25. The van der Waals surface area contributed by atoms with Crippen LogP contribution in [-0.4, -0.2) is 45.5 Å². The largest absolute Gasteiger partial charge is 0.488 e. The van der Waals surface area contributed by atoms with E-state index in [1.807, 2.05) is 0 Å². The Morgan fingerprint density at radius 1 is 1.36 bits per heavy atom. The van der Waals surface area contributed by atoms with Crippen molar-refractivity contribution in [2.45, 2.75) is 44.1 Å². The molecule has 0 radical (unpaired) electrons. The van der Waals surface area contributed by atoms with Gasteiger partial charge in [0.05, 0.1) is 6.04 Å². The van der Waals surface area contributed by atoms with E-state index >= 15 is 0 Å². The number of nitrogens with zero attached hydrogens (tertiary/aromatic N) is 1. The van der Waals surface area contributed by atoms with Gasteiger partial charge in [-0.25, -0.2) is 9.37 Å². The lowest BCUT2D eigenvalue weighted by atomic mass is 9.87. The van der Waals surface area contributed by atoms with Gasteiger partial charge in [-0.2, -0.15) is 0 Å². The number of hydrogen-bond donors (Lipinski definition) is 3. The van der Waals surface area contributed by atoms with Crippen molar-refractivity contribution in [2.75, 3.05) is 0 Å². The van der Waals surface area contributed by atoms with Gasteiger partial charge in [0.15, 0.2) is 12.1 Å². The number of carbonyl (C=O) groups is 1. The number of aliphatic hydroxyl groups excluding tert-OH is 2. The van der Waals surface area contributed by atoms with E-state index in [1.165, 1.54) is 24.6 Å². The number of amides is 1. The molecule has 25 heavy (non-hydrogen) atoms. The van der Waals surface area contributed by atoms with E-state index in [2.05, 4.69) is 10.3 Å². The molecule has 1 fully saturated rings. The third kappa shape index (κ3) is 3.80. The molecule has 4 atom stereocenters. The summed E-state index contributed by atoms with van der Waals surface area (Å²) in [7, 11) is 0. The Bertz CT molecular complexity index is 750. The summed E-state index contributed by atoms with van der Waals surface area (Å²) in [6, 6.07) is 4.92. The number of oxazole rings is 1. The van der Waals surface area contributed by atoms with Crippen LogP contribution in [0.15, 0.2) is 35.1 Å². The zero-order valence-electron chi connectivity index (χ0n) is 13.6. The van der Waals surface area contributed by atoms with E-state index in [1.54, 1.807) is 13.0 Å². The van der Waals surface area contributed by atoms with Crippen LogP contribution >= 0.6 is 0 Å². The van der Waals surface area contributed by atoms with Crippen LogP contribution in [0.2, 0.25) is 0 Å². The zero-order chi connectivity index (χ0) is 18.0. The minimum atomic E-state index is -1.22. The maximum absolute atomic E-state index is 13.2. The number of nitrogens with one attached hydrogen (secondary N) is 1. The molecule has 3 rings (SSSR count). The molecule has 134 valence electrons. The molecule has 0 bridgehead atoms. The average molecular weight is 350 g/mol. The maximum Gasteiger partial charge on any atom is 0.273 e. The van der Waals surface area contributed by atoms with Crippen molar-refractivity contribution < 1.29 is 28.6 Å². The molecule has 0 aliphatic heterocycles. The molecule has 0 saturated heterocycles. The van der Waals surface area contributed by atoms with E-state index in [9.17, 15) is 19.4 Å². The second-order valence-electron chi connectivity index (χ2n) is 6.01. The molecule has 1 heterocycles. The predicted octanol–water partition coefficient (Wildman–Crippen LogP) is 1.18. The van der Waals surface area contributed by atoms with Gasteiger partial charge in [-0.1, -0.05) is 6.07 Å². The Morgan fingerprint density at radius 3 is 2.84 bits per heavy atom. The highest BCUT2D eigenvalue weighted by atomic mass is 19.1. The topological polar surface area (TPSA) is 105 Å². The summed E-state index contributed by atoms with van der Waals surface area (Å²) in [5.74, 6) is -0.281. The Balaban J connectivity index is 1.62. The molecule has 0 spiro atoms. The first-order valence-electron chi connectivity index (χ1n) is 7.95. The van der Waals surface area contributed by atoms with Gasteiger partial charge in [0.2, 0.25) is 0 Å². The summed E-state index contributed by atoms with van der Waals surface area (Å²) in [5, 5.41) is 23.2. The second kappa shape index (κ2) is 7.20. The Labute approximate surface area is 143 Å². The van der Waals surface area contributed by atoms with Crippen molar-refractivity contribution in [3.8, 4) is 5.75 Å².